The molecule has 2 aliphatic heterocycles. The summed E-state index contributed by atoms with van der Waals surface area (Å²) in [5.74, 6) is 1.37. The highest BCUT2D eigenvalue weighted by Gasteiger charge is 2.39. The Morgan fingerprint density at radius 3 is 2.44 bits per heavy atom. The number of fused-ring (bicyclic) bond motifs is 1. The number of carbonyl (C=O) groups excluding carboxylic acids is 2. The molecule has 1 aromatic heterocycles. The van der Waals surface area contributed by atoms with Crippen LogP contribution in [0.5, 0.6) is 0 Å². The number of rotatable bonds is 3. The third-order valence-electron chi connectivity index (χ3n) is 6.36. The predicted molar refractivity (Wildman–Crippen MR) is 97.7 cm³/mol. The maximum Gasteiger partial charge on any atom is 0.254 e. The second kappa shape index (κ2) is 6.46. The molecule has 27 heavy (non-hydrogen) atoms. The van der Waals surface area contributed by atoms with Gasteiger partial charge in [0, 0.05) is 30.5 Å². The number of nitrogens with zero attached hydrogens (tertiary/aromatic N) is 3. The van der Waals surface area contributed by atoms with Gasteiger partial charge in [0.15, 0.2) is 0 Å². The number of amides is 2. The number of carbonyl (C=O) groups is 2. The molecular weight excluding hydrogens is 344 g/mol. The molecule has 5 rings (SSSR count). The van der Waals surface area contributed by atoms with Crippen LogP contribution < -0.4 is 5.56 Å². The zero-order valence-corrected chi connectivity index (χ0v) is 15.6. The number of aromatic amines is 1. The molecule has 4 aliphatic rings. The van der Waals surface area contributed by atoms with E-state index in [4.69, 9.17) is 4.98 Å². The van der Waals surface area contributed by atoms with Crippen molar-refractivity contribution in [1.29, 1.82) is 0 Å². The summed E-state index contributed by atoms with van der Waals surface area (Å²) in [4.78, 5) is 49.3. The Morgan fingerprint density at radius 2 is 1.70 bits per heavy atom. The molecule has 0 aromatic carbocycles. The minimum Gasteiger partial charge on any atom is -0.336 e. The predicted octanol–water partition coefficient (Wildman–Crippen LogP) is 1.53. The van der Waals surface area contributed by atoms with E-state index in [-0.39, 0.29) is 35.3 Å². The number of hydrogen-bond acceptors (Lipinski definition) is 4. The van der Waals surface area contributed by atoms with Gasteiger partial charge in [0.1, 0.15) is 5.82 Å². The van der Waals surface area contributed by atoms with Crippen LogP contribution in [0.15, 0.2) is 4.79 Å². The number of nitrogens with one attached hydrogen (secondary N) is 1. The van der Waals surface area contributed by atoms with Crippen LogP contribution in [0.4, 0.5) is 0 Å². The molecule has 2 aliphatic carbocycles. The Balaban J connectivity index is 1.43. The van der Waals surface area contributed by atoms with Gasteiger partial charge in [-0.1, -0.05) is 0 Å². The summed E-state index contributed by atoms with van der Waals surface area (Å²) in [6.07, 6.45) is 7.37. The standard InChI is InChI=1S/C20H26N4O3/c25-18-14-8-10-23(19(26)12-4-5-12)11-15(14)21-17(22-18)16-3-1-2-9-24(16)20(27)13-6-7-13/h12-13,16H,1-11H2,(H,21,22,25)/t16-/m0/s1. The number of aromatic nitrogens is 2. The van der Waals surface area contributed by atoms with Crippen LogP contribution >= 0.6 is 0 Å². The third-order valence-corrected chi connectivity index (χ3v) is 6.36. The molecular formula is C20H26N4O3. The highest BCUT2D eigenvalue weighted by Crippen LogP contribution is 2.37. The molecule has 1 aromatic rings. The summed E-state index contributed by atoms with van der Waals surface area (Å²) in [5.41, 5.74) is 1.32. The molecule has 0 radical (unpaired) electrons. The second-order valence-electron chi connectivity index (χ2n) is 8.48. The van der Waals surface area contributed by atoms with Gasteiger partial charge in [-0.15, -0.1) is 0 Å². The van der Waals surface area contributed by atoms with E-state index < -0.39 is 0 Å². The Labute approximate surface area is 158 Å². The van der Waals surface area contributed by atoms with Gasteiger partial charge in [-0.3, -0.25) is 14.4 Å². The SMILES string of the molecule is O=C(C1CC1)N1CCc2c(nc([C@@H]3CCCCN3C(=O)C3CC3)[nH]c2=O)C1. The fraction of sp³-hybridized carbons (Fsp3) is 0.700. The maximum absolute atomic E-state index is 12.7. The zero-order valence-electron chi connectivity index (χ0n) is 15.6. The third kappa shape index (κ3) is 3.17. The van der Waals surface area contributed by atoms with Crippen LogP contribution in [0.2, 0.25) is 0 Å². The largest absolute Gasteiger partial charge is 0.336 e. The van der Waals surface area contributed by atoms with E-state index in [9.17, 15) is 14.4 Å². The first-order chi connectivity index (χ1) is 13.1. The van der Waals surface area contributed by atoms with E-state index in [0.717, 1.165) is 57.2 Å². The summed E-state index contributed by atoms with van der Waals surface area (Å²) < 4.78 is 0. The average molecular weight is 370 g/mol. The van der Waals surface area contributed by atoms with Crippen molar-refractivity contribution in [3.8, 4) is 0 Å². The van der Waals surface area contributed by atoms with E-state index >= 15 is 0 Å². The summed E-state index contributed by atoms with van der Waals surface area (Å²) in [7, 11) is 0. The van der Waals surface area contributed by atoms with Crippen LogP contribution in [-0.4, -0.2) is 44.7 Å². The summed E-state index contributed by atoms with van der Waals surface area (Å²) in [6.45, 7) is 1.76. The first-order valence-electron chi connectivity index (χ1n) is 10.3. The van der Waals surface area contributed by atoms with Gasteiger partial charge in [-0.05, 0) is 51.4 Å². The van der Waals surface area contributed by atoms with E-state index in [1.165, 1.54) is 0 Å². The summed E-state index contributed by atoms with van der Waals surface area (Å²) in [5, 5.41) is 0. The average Bonchev–Trinajstić information content (AvgIpc) is 3.58. The van der Waals surface area contributed by atoms with E-state index in [2.05, 4.69) is 4.98 Å². The monoisotopic (exact) mass is 370 g/mol. The van der Waals surface area contributed by atoms with E-state index in [1.54, 1.807) is 0 Å². The molecule has 0 spiro atoms. The number of piperidine rings is 1. The molecule has 144 valence electrons. The number of hydrogen-bond donors (Lipinski definition) is 1. The lowest BCUT2D eigenvalue weighted by atomic mass is 9.99. The fourth-order valence-electron chi connectivity index (χ4n) is 4.44. The van der Waals surface area contributed by atoms with Crippen LogP contribution in [0.25, 0.3) is 0 Å². The van der Waals surface area contributed by atoms with Crippen LogP contribution in [-0.2, 0) is 22.6 Å². The van der Waals surface area contributed by atoms with Gasteiger partial charge < -0.3 is 14.8 Å². The minimum absolute atomic E-state index is 0.0992. The van der Waals surface area contributed by atoms with Crippen LogP contribution in [0, 0.1) is 11.8 Å². The molecule has 1 atom stereocenters. The van der Waals surface area contributed by atoms with Gasteiger partial charge in [-0.2, -0.15) is 0 Å². The Morgan fingerprint density at radius 1 is 0.963 bits per heavy atom. The van der Waals surface area contributed by atoms with Crippen molar-refractivity contribution in [3.63, 3.8) is 0 Å². The van der Waals surface area contributed by atoms with E-state index in [0.29, 0.717) is 30.9 Å². The topological polar surface area (TPSA) is 86.4 Å². The molecule has 7 heteroatoms. The normalized spacial score (nSPS) is 25.3. The van der Waals surface area contributed by atoms with Crippen molar-refractivity contribution in [2.24, 2.45) is 11.8 Å². The summed E-state index contributed by atoms with van der Waals surface area (Å²) in [6, 6.07) is -0.139. The first kappa shape index (κ1) is 17.0. The number of H-pyrrole nitrogens is 1. The molecule has 2 saturated carbocycles. The Kier molecular flexibility index (Phi) is 4.06. The molecule has 1 N–H and O–H groups in total. The lowest BCUT2D eigenvalue weighted by molar-refractivity contribution is -0.136. The van der Waals surface area contributed by atoms with Crippen molar-refractivity contribution in [3.05, 3.63) is 27.4 Å². The molecule has 0 bridgehead atoms. The summed E-state index contributed by atoms with van der Waals surface area (Å²) >= 11 is 0. The van der Waals surface area contributed by atoms with Crippen LogP contribution in [0.1, 0.15) is 68.1 Å². The van der Waals surface area contributed by atoms with Crippen molar-refractivity contribution < 1.29 is 9.59 Å². The van der Waals surface area contributed by atoms with Crippen molar-refractivity contribution in [1.82, 2.24) is 19.8 Å². The van der Waals surface area contributed by atoms with Crippen molar-refractivity contribution >= 4 is 11.8 Å². The maximum atomic E-state index is 12.7. The highest BCUT2D eigenvalue weighted by atomic mass is 16.2. The van der Waals surface area contributed by atoms with Gasteiger partial charge in [0.25, 0.3) is 5.56 Å². The van der Waals surface area contributed by atoms with Gasteiger partial charge in [0.05, 0.1) is 18.3 Å². The highest BCUT2D eigenvalue weighted by molar-refractivity contribution is 5.82. The van der Waals surface area contributed by atoms with Crippen molar-refractivity contribution in [2.75, 3.05) is 13.1 Å². The molecule has 3 fully saturated rings. The zero-order chi connectivity index (χ0) is 18.5. The van der Waals surface area contributed by atoms with Gasteiger partial charge in [0.2, 0.25) is 11.8 Å². The molecule has 2 amide bonds. The lowest BCUT2D eigenvalue weighted by Gasteiger charge is -2.36. The quantitative estimate of drug-likeness (QED) is 0.874. The molecule has 0 unspecified atom stereocenters. The van der Waals surface area contributed by atoms with Crippen molar-refractivity contribution in [2.45, 2.75) is 64.0 Å². The Bertz CT molecular complexity index is 840. The molecule has 7 nitrogen and oxygen atoms in total. The fourth-order valence-corrected chi connectivity index (χ4v) is 4.44. The molecule has 1 saturated heterocycles. The van der Waals surface area contributed by atoms with Gasteiger partial charge in [-0.25, -0.2) is 4.98 Å². The lowest BCUT2D eigenvalue weighted by Crippen LogP contribution is -2.43. The van der Waals surface area contributed by atoms with Crippen LogP contribution in [0.3, 0.4) is 0 Å². The minimum atomic E-state index is -0.139. The first-order valence-corrected chi connectivity index (χ1v) is 10.3. The second-order valence-corrected chi connectivity index (χ2v) is 8.48. The smallest absolute Gasteiger partial charge is 0.254 e. The number of likely N-dealkylation sites (tertiary alicyclic amines) is 1. The Hall–Kier alpha value is -2.18. The molecule has 3 heterocycles. The van der Waals surface area contributed by atoms with E-state index in [1.807, 2.05) is 9.80 Å². The van der Waals surface area contributed by atoms with Gasteiger partial charge >= 0.3 is 0 Å².